The summed E-state index contributed by atoms with van der Waals surface area (Å²) in [7, 11) is 0. The molecule has 0 spiro atoms. The van der Waals surface area contributed by atoms with Crippen LogP contribution < -0.4 is 2.79 Å². The first-order chi connectivity index (χ1) is 7.83. The number of rotatable bonds is 1. The Morgan fingerprint density at radius 3 is 2.44 bits per heavy atom. The van der Waals surface area contributed by atoms with E-state index in [-0.39, 0.29) is 20.7 Å². The van der Waals surface area contributed by atoms with Gasteiger partial charge in [0.05, 0.1) is 0 Å². The Kier molecular flexibility index (Phi) is 2.55. The van der Waals surface area contributed by atoms with E-state index in [1.54, 1.807) is 0 Å². The first kappa shape index (κ1) is 10.1. The molecule has 0 saturated heterocycles. The summed E-state index contributed by atoms with van der Waals surface area (Å²) in [5.41, 5.74) is 2.64. The van der Waals surface area contributed by atoms with Crippen LogP contribution in [0.4, 0.5) is 0 Å². The van der Waals surface area contributed by atoms with Gasteiger partial charge < -0.3 is 0 Å². The molecule has 0 unspecified atom stereocenters. The summed E-state index contributed by atoms with van der Waals surface area (Å²) in [5.74, 6) is 0. The van der Waals surface area contributed by atoms with Crippen LogP contribution in [0.2, 0.25) is 0 Å². The number of aromatic nitrogens is 1. The molecule has 1 nitrogen and oxygen atoms in total. The van der Waals surface area contributed by atoms with E-state index in [0.717, 1.165) is 0 Å². The monoisotopic (exact) mass is 324 g/mol. The fourth-order valence-electron chi connectivity index (χ4n) is 1.75. The summed E-state index contributed by atoms with van der Waals surface area (Å²) >= 11 is -0.243. The molecule has 0 aliphatic carbocycles. The minimum absolute atomic E-state index is 0.243. The predicted octanol–water partition coefficient (Wildman–Crippen LogP) is 2.48. The molecule has 78 valence electrons. The normalized spacial score (nSPS) is 10.8. The van der Waals surface area contributed by atoms with Gasteiger partial charge >= 0.3 is 105 Å². The van der Waals surface area contributed by atoms with Crippen LogP contribution in [-0.4, -0.2) is 20.7 Å². The number of fused-ring (bicyclic) bond motifs is 1. The molecule has 0 N–H and O–H groups in total. The molecule has 0 radical (unpaired) electrons. The van der Waals surface area contributed by atoms with E-state index in [2.05, 4.69) is 64.4 Å². The second-order valence-electron chi connectivity index (χ2n) is 3.92. The molecule has 0 atom stereocenters. The van der Waals surface area contributed by atoms with Gasteiger partial charge in [0.25, 0.3) is 0 Å². The Hall–Kier alpha value is -1.10. The zero-order valence-electron chi connectivity index (χ0n) is 9.05. The SMILES string of the molecule is Cc1ccc(-[n+]2cc3ccccc3[te]2)cc1. The van der Waals surface area contributed by atoms with E-state index in [0.29, 0.717) is 0 Å². The molecule has 1 heterocycles. The maximum atomic E-state index is 2.43. The molecule has 2 heteroatoms. The van der Waals surface area contributed by atoms with Gasteiger partial charge in [0.1, 0.15) is 0 Å². The van der Waals surface area contributed by atoms with Crippen molar-refractivity contribution in [3.8, 4) is 5.69 Å². The van der Waals surface area contributed by atoms with Crippen LogP contribution in [0, 0.1) is 6.92 Å². The zero-order chi connectivity index (χ0) is 11.0. The summed E-state index contributed by atoms with van der Waals surface area (Å²) in [6.07, 6.45) is 2.28. The fraction of sp³-hybridized carbons (Fsp3) is 0.0714. The van der Waals surface area contributed by atoms with Gasteiger partial charge in [-0.25, -0.2) is 0 Å². The molecular formula is C14H12NTe+. The molecule has 0 fully saturated rings. The molecular weight excluding hydrogens is 310 g/mol. The number of hydrogen-bond acceptors (Lipinski definition) is 0. The summed E-state index contributed by atoms with van der Waals surface area (Å²) in [6.45, 7) is 2.13. The Morgan fingerprint density at radius 2 is 1.69 bits per heavy atom. The molecule has 0 aliphatic heterocycles. The Balaban J connectivity index is 2.15. The molecule has 0 bridgehead atoms. The van der Waals surface area contributed by atoms with E-state index >= 15 is 0 Å². The van der Waals surface area contributed by atoms with Gasteiger partial charge in [-0.05, 0) is 0 Å². The molecule has 0 saturated carbocycles. The first-order valence-electron chi connectivity index (χ1n) is 5.31. The van der Waals surface area contributed by atoms with E-state index in [9.17, 15) is 0 Å². The quantitative estimate of drug-likeness (QED) is 0.606. The van der Waals surface area contributed by atoms with Gasteiger partial charge in [0, 0.05) is 0 Å². The summed E-state index contributed by atoms with van der Waals surface area (Å²) in [6, 6.07) is 17.5. The van der Waals surface area contributed by atoms with E-state index in [1.165, 1.54) is 20.0 Å². The average Bonchev–Trinajstić information content (AvgIpc) is 2.73. The van der Waals surface area contributed by atoms with Gasteiger partial charge in [-0.2, -0.15) is 0 Å². The summed E-state index contributed by atoms with van der Waals surface area (Å²) < 4.78 is 3.96. The number of nitrogens with zero attached hydrogens (tertiary/aromatic N) is 1. The Morgan fingerprint density at radius 1 is 0.938 bits per heavy atom. The topological polar surface area (TPSA) is 3.88 Å². The second kappa shape index (κ2) is 4.05. The molecule has 2 aromatic carbocycles. The van der Waals surface area contributed by atoms with Crippen molar-refractivity contribution in [2.24, 2.45) is 0 Å². The Labute approximate surface area is 105 Å². The van der Waals surface area contributed by atoms with Crippen molar-refractivity contribution in [2.45, 2.75) is 6.92 Å². The molecule has 0 amide bonds. The van der Waals surface area contributed by atoms with Crippen LogP contribution in [0.25, 0.3) is 14.5 Å². The van der Waals surface area contributed by atoms with Crippen molar-refractivity contribution in [2.75, 3.05) is 0 Å². The van der Waals surface area contributed by atoms with Crippen molar-refractivity contribution < 1.29 is 2.79 Å². The standard InChI is InChI=1S/C14H12NTe/c1-11-6-8-13(9-7-11)15-10-12-4-2-3-5-14(12)16-15/h2-10H,1H3/q+1. The van der Waals surface area contributed by atoms with Crippen molar-refractivity contribution in [1.29, 1.82) is 0 Å². The van der Waals surface area contributed by atoms with Crippen molar-refractivity contribution >= 4 is 29.5 Å². The van der Waals surface area contributed by atoms with Crippen molar-refractivity contribution in [3.05, 3.63) is 60.3 Å². The second-order valence-corrected chi connectivity index (χ2v) is 6.82. The molecule has 1 aromatic heterocycles. The number of benzene rings is 2. The first-order valence-corrected chi connectivity index (χ1v) is 7.51. The molecule has 0 aliphatic rings. The summed E-state index contributed by atoms with van der Waals surface area (Å²) in [4.78, 5) is 0. The van der Waals surface area contributed by atoms with Crippen LogP contribution in [0.1, 0.15) is 5.56 Å². The molecule has 3 rings (SSSR count). The zero-order valence-corrected chi connectivity index (χ0v) is 11.4. The van der Waals surface area contributed by atoms with Gasteiger partial charge in [0.15, 0.2) is 0 Å². The maximum absolute atomic E-state index is 2.43. The van der Waals surface area contributed by atoms with Crippen molar-refractivity contribution in [3.63, 3.8) is 0 Å². The average molecular weight is 322 g/mol. The third kappa shape index (κ3) is 1.80. The molecule has 3 aromatic rings. The van der Waals surface area contributed by atoms with Crippen LogP contribution in [0.15, 0.2) is 54.7 Å². The van der Waals surface area contributed by atoms with E-state index in [4.69, 9.17) is 0 Å². The Bertz CT molecular complexity index is 590. The minimum atomic E-state index is -0.243. The number of aryl methyl sites for hydroxylation is 1. The van der Waals surface area contributed by atoms with Crippen molar-refractivity contribution in [1.82, 2.24) is 0 Å². The van der Waals surface area contributed by atoms with E-state index < -0.39 is 0 Å². The van der Waals surface area contributed by atoms with Gasteiger partial charge in [0.2, 0.25) is 0 Å². The fourth-order valence-corrected chi connectivity index (χ4v) is 4.52. The number of hydrogen-bond donors (Lipinski definition) is 0. The summed E-state index contributed by atoms with van der Waals surface area (Å²) in [5, 5.41) is 1.39. The van der Waals surface area contributed by atoms with E-state index in [1.807, 2.05) is 0 Å². The third-order valence-corrected chi connectivity index (χ3v) is 5.75. The van der Waals surface area contributed by atoms with Crippen LogP contribution in [-0.2, 0) is 0 Å². The third-order valence-electron chi connectivity index (χ3n) is 2.66. The van der Waals surface area contributed by atoms with Gasteiger partial charge in [-0.3, -0.25) is 0 Å². The van der Waals surface area contributed by atoms with Crippen LogP contribution >= 0.6 is 0 Å². The van der Waals surface area contributed by atoms with Crippen LogP contribution in [0.5, 0.6) is 0 Å². The molecule has 16 heavy (non-hydrogen) atoms. The van der Waals surface area contributed by atoms with Gasteiger partial charge in [-0.1, -0.05) is 0 Å². The van der Waals surface area contributed by atoms with Gasteiger partial charge in [-0.15, -0.1) is 0 Å². The predicted molar refractivity (Wildman–Crippen MR) is 67.2 cm³/mol. The van der Waals surface area contributed by atoms with Crippen LogP contribution in [0.3, 0.4) is 0 Å².